The van der Waals surface area contributed by atoms with E-state index in [1.54, 1.807) is 42.5 Å². The fourth-order valence-corrected chi connectivity index (χ4v) is 3.81. The van der Waals surface area contributed by atoms with Crippen molar-refractivity contribution in [2.75, 3.05) is 5.32 Å². The van der Waals surface area contributed by atoms with E-state index in [2.05, 4.69) is 37.2 Å². The number of phenolic OH excluding ortho intramolecular Hbond substituents is 1. The minimum atomic E-state index is -0.715. The average molecular weight is 528 g/mol. The van der Waals surface area contributed by atoms with E-state index in [-0.39, 0.29) is 5.75 Å². The summed E-state index contributed by atoms with van der Waals surface area (Å²) in [7, 11) is 0. The van der Waals surface area contributed by atoms with Crippen LogP contribution in [-0.2, 0) is 9.53 Å². The molecule has 0 saturated carbocycles. The first-order valence-electron chi connectivity index (χ1n) is 8.72. The van der Waals surface area contributed by atoms with Crippen LogP contribution >= 0.6 is 31.9 Å². The van der Waals surface area contributed by atoms with Gasteiger partial charge < -0.3 is 9.84 Å². The quantitative estimate of drug-likeness (QED) is 0.158. The number of hydrogen-bond donors (Lipinski definition) is 4. The predicted octanol–water partition coefficient (Wildman–Crippen LogP) is 5.44. The predicted molar refractivity (Wildman–Crippen MR) is 116 cm³/mol. The van der Waals surface area contributed by atoms with E-state index in [1.807, 2.05) is 6.07 Å². The van der Waals surface area contributed by atoms with Crippen LogP contribution in [0.2, 0.25) is 0 Å². The highest BCUT2D eigenvalue weighted by Crippen LogP contribution is 2.38. The Hall–Kier alpha value is -2.36. The SMILES string of the molecule is O=C(/C=C/CCC[C@@H](OC(=O)Nc1ccccc1)c1cc(Br)cc(Br)c1O)NO. The molecule has 0 unspecified atom stereocenters. The van der Waals surface area contributed by atoms with Crippen molar-refractivity contribution in [3.63, 3.8) is 0 Å². The van der Waals surface area contributed by atoms with Gasteiger partial charge in [0, 0.05) is 21.8 Å². The molecule has 7 nitrogen and oxygen atoms in total. The van der Waals surface area contributed by atoms with Gasteiger partial charge in [-0.05, 0) is 59.5 Å². The molecule has 0 bridgehead atoms. The molecule has 2 rings (SSSR count). The fourth-order valence-electron chi connectivity index (χ4n) is 2.56. The van der Waals surface area contributed by atoms with Crippen molar-refractivity contribution in [2.24, 2.45) is 0 Å². The van der Waals surface area contributed by atoms with E-state index in [0.717, 1.165) is 0 Å². The minimum Gasteiger partial charge on any atom is -0.506 e. The highest BCUT2D eigenvalue weighted by Gasteiger charge is 2.22. The molecule has 9 heteroatoms. The average Bonchev–Trinajstić information content (AvgIpc) is 2.70. The third kappa shape index (κ3) is 7.52. The first kappa shape index (κ1) is 22.9. The first-order valence-corrected chi connectivity index (χ1v) is 10.3. The van der Waals surface area contributed by atoms with Crippen molar-refractivity contribution in [1.82, 2.24) is 5.48 Å². The summed E-state index contributed by atoms with van der Waals surface area (Å²) in [5.41, 5.74) is 2.55. The zero-order valence-electron chi connectivity index (χ0n) is 15.3. The summed E-state index contributed by atoms with van der Waals surface area (Å²) < 4.78 is 6.77. The zero-order valence-corrected chi connectivity index (χ0v) is 18.4. The van der Waals surface area contributed by atoms with Crippen LogP contribution < -0.4 is 10.8 Å². The lowest BCUT2D eigenvalue weighted by atomic mass is 10.0. The number of hydrogen-bond acceptors (Lipinski definition) is 5. The Morgan fingerprint density at radius 1 is 1.17 bits per heavy atom. The van der Waals surface area contributed by atoms with E-state index < -0.39 is 18.1 Å². The summed E-state index contributed by atoms with van der Waals surface area (Å²) >= 11 is 6.66. The minimum absolute atomic E-state index is 0.0130. The number of aromatic hydroxyl groups is 1. The first-order chi connectivity index (χ1) is 13.9. The molecule has 29 heavy (non-hydrogen) atoms. The van der Waals surface area contributed by atoms with Crippen LogP contribution in [-0.4, -0.2) is 22.3 Å². The Morgan fingerprint density at radius 3 is 2.59 bits per heavy atom. The number of carbonyl (C=O) groups is 2. The van der Waals surface area contributed by atoms with Gasteiger partial charge in [0.1, 0.15) is 11.9 Å². The third-order valence-corrected chi connectivity index (χ3v) is 4.95. The molecule has 4 N–H and O–H groups in total. The van der Waals surface area contributed by atoms with Gasteiger partial charge in [-0.1, -0.05) is 40.2 Å². The molecule has 0 aliphatic rings. The summed E-state index contributed by atoms with van der Waals surface area (Å²) in [4.78, 5) is 23.4. The van der Waals surface area contributed by atoms with Gasteiger partial charge in [-0.25, -0.2) is 10.3 Å². The molecule has 2 aromatic carbocycles. The van der Waals surface area contributed by atoms with Crippen LogP contribution in [0, 0.1) is 0 Å². The molecular weight excluding hydrogens is 508 g/mol. The molecule has 2 aromatic rings. The summed E-state index contributed by atoms with van der Waals surface area (Å²) in [6.07, 6.45) is 2.95. The van der Waals surface area contributed by atoms with Gasteiger partial charge >= 0.3 is 6.09 Å². The topological polar surface area (TPSA) is 108 Å². The lowest BCUT2D eigenvalue weighted by Crippen LogP contribution is -2.18. The molecule has 0 fully saturated rings. The van der Waals surface area contributed by atoms with Crippen LogP contribution in [0.15, 0.2) is 63.6 Å². The van der Waals surface area contributed by atoms with Crippen molar-refractivity contribution >= 4 is 49.5 Å². The van der Waals surface area contributed by atoms with Gasteiger partial charge in [0.25, 0.3) is 5.91 Å². The maximum absolute atomic E-state index is 12.4. The number of halogens is 2. The van der Waals surface area contributed by atoms with E-state index in [1.165, 1.54) is 11.6 Å². The van der Waals surface area contributed by atoms with Crippen molar-refractivity contribution < 1.29 is 24.6 Å². The molecule has 0 aliphatic heterocycles. The molecule has 1 atom stereocenters. The molecule has 0 heterocycles. The molecule has 0 radical (unpaired) electrons. The number of ether oxygens (including phenoxy) is 1. The molecule has 154 valence electrons. The molecule has 0 aliphatic carbocycles. The number of para-hydroxylation sites is 1. The van der Waals surface area contributed by atoms with E-state index in [4.69, 9.17) is 9.94 Å². The van der Waals surface area contributed by atoms with Crippen LogP contribution in [0.3, 0.4) is 0 Å². The van der Waals surface area contributed by atoms with E-state index in [0.29, 0.717) is 39.5 Å². The Balaban J connectivity index is 2.11. The number of rotatable bonds is 8. The molecule has 2 amide bonds. The van der Waals surface area contributed by atoms with Gasteiger partial charge in [-0.3, -0.25) is 15.3 Å². The largest absolute Gasteiger partial charge is 0.506 e. The molecule has 0 saturated heterocycles. The number of phenols is 1. The van der Waals surface area contributed by atoms with Gasteiger partial charge in [-0.2, -0.15) is 0 Å². The lowest BCUT2D eigenvalue weighted by Gasteiger charge is -2.20. The Morgan fingerprint density at radius 2 is 1.90 bits per heavy atom. The Labute approximate surface area is 185 Å². The normalized spacial score (nSPS) is 11.8. The van der Waals surface area contributed by atoms with E-state index in [9.17, 15) is 14.7 Å². The van der Waals surface area contributed by atoms with Crippen molar-refractivity contribution in [1.29, 1.82) is 0 Å². The fraction of sp³-hybridized carbons (Fsp3) is 0.200. The number of amides is 2. The smallest absolute Gasteiger partial charge is 0.412 e. The number of unbranched alkanes of at least 4 members (excludes halogenated alkanes) is 1. The van der Waals surface area contributed by atoms with Gasteiger partial charge in [-0.15, -0.1) is 0 Å². The summed E-state index contributed by atoms with van der Waals surface area (Å²) in [5, 5.41) is 21.6. The van der Waals surface area contributed by atoms with Crippen molar-refractivity contribution in [3.05, 3.63) is 69.1 Å². The van der Waals surface area contributed by atoms with Crippen LogP contribution in [0.1, 0.15) is 30.9 Å². The monoisotopic (exact) mass is 526 g/mol. The maximum atomic E-state index is 12.4. The van der Waals surface area contributed by atoms with Gasteiger partial charge in [0.05, 0.1) is 4.47 Å². The summed E-state index contributed by atoms with van der Waals surface area (Å²) in [6, 6.07) is 12.3. The zero-order chi connectivity index (χ0) is 21.2. The van der Waals surface area contributed by atoms with Gasteiger partial charge in [0.15, 0.2) is 0 Å². The molecule has 0 aromatic heterocycles. The summed E-state index contributed by atoms with van der Waals surface area (Å²) in [6.45, 7) is 0. The summed E-state index contributed by atoms with van der Waals surface area (Å²) in [5.74, 6) is -0.630. The number of carbonyl (C=O) groups excluding carboxylic acids is 2. The van der Waals surface area contributed by atoms with Crippen molar-refractivity contribution in [2.45, 2.75) is 25.4 Å². The maximum Gasteiger partial charge on any atom is 0.412 e. The number of benzene rings is 2. The Bertz CT molecular complexity index is 875. The second-order valence-electron chi connectivity index (χ2n) is 6.02. The molecular formula is C20H20Br2N2O5. The highest BCUT2D eigenvalue weighted by atomic mass is 79.9. The number of nitrogens with one attached hydrogen (secondary N) is 2. The lowest BCUT2D eigenvalue weighted by molar-refractivity contribution is -0.124. The third-order valence-electron chi connectivity index (χ3n) is 3.89. The van der Waals surface area contributed by atoms with Crippen LogP contribution in [0.25, 0.3) is 0 Å². The standard InChI is InChI=1S/C20H20Br2N2O5/c21-13-11-15(19(26)16(22)12-13)17(9-5-2-6-10-18(25)24-28)29-20(27)23-14-7-3-1-4-8-14/h1,3-4,6-8,10-12,17,26,28H,2,5,9H2,(H,23,27)(H,24,25)/b10-6+/t17-/m1/s1. The number of allylic oxidation sites excluding steroid dienone is 1. The molecule has 0 spiro atoms. The number of anilines is 1. The second kappa shape index (κ2) is 11.6. The van der Waals surface area contributed by atoms with Crippen LogP contribution in [0.4, 0.5) is 10.5 Å². The second-order valence-corrected chi connectivity index (χ2v) is 7.79. The van der Waals surface area contributed by atoms with Crippen LogP contribution in [0.5, 0.6) is 5.75 Å². The van der Waals surface area contributed by atoms with Gasteiger partial charge in [0.2, 0.25) is 0 Å². The Kier molecular flexibility index (Phi) is 9.17. The highest BCUT2D eigenvalue weighted by molar-refractivity contribution is 9.11. The van der Waals surface area contributed by atoms with E-state index >= 15 is 0 Å². The van der Waals surface area contributed by atoms with Crippen molar-refractivity contribution in [3.8, 4) is 5.75 Å². The number of hydroxylamine groups is 1.